The first-order valence-electron chi connectivity index (χ1n) is 9.60. The normalized spacial score (nSPS) is 17.7. The van der Waals surface area contributed by atoms with E-state index in [1.165, 1.54) is 30.0 Å². The molecule has 1 atom stereocenters. The Balaban J connectivity index is 1.47. The van der Waals surface area contributed by atoms with Crippen LogP contribution in [0.15, 0.2) is 67.1 Å². The topological polar surface area (TPSA) is 29.0 Å². The molecule has 3 nitrogen and oxygen atoms in total. The summed E-state index contributed by atoms with van der Waals surface area (Å²) in [6.45, 7) is 2.05. The fourth-order valence-electron chi connectivity index (χ4n) is 3.87. The SMILES string of the molecule is Fc1cccc(Cc2ccc(C3CCCCN3Cc3ccncc3)cn2)c1. The Morgan fingerprint density at radius 2 is 1.89 bits per heavy atom. The first-order chi connectivity index (χ1) is 13.3. The Morgan fingerprint density at radius 1 is 1.00 bits per heavy atom. The lowest BCUT2D eigenvalue weighted by molar-refractivity contribution is 0.140. The molecule has 0 radical (unpaired) electrons. The van der Waals surface area contributed by atoms with Gasteiger partial charge >= 0.3 is 0 Å². The summed E-state index contributed by atoms with van der Waals surface area (Å²) in [5, 5.41) is 0. The van der Waals surface area contributed by atoms with E-state index in [1.807, 2.05) is 24.7 Å². The van der Waals surface area contributed by atoms with Gasteiger partial charge in [0.05, 0.1) is 0 Å². The van der Waals surface area contributed by atoms with Gasteiger partial charge in [0.25, 0.3) is 0 Å². The summed E-state index contributed by atoms with van der Waals surface area (Å²) >= 11 is 0. The van der Waals surface area contributed by atoms with Crippen molar-refractivity contribution < 1.29 is 4.39 Å². The highest BCUT2D eigenvalue weighted by Crippen LogP contribution is 2.31. The first-order valence-corrected chi connectivity index (χ1v) is 9.60. The molecule has 0 spiro atoms. The van der Waals surface area contributed by atoms with E-state index in [-0.39, 0.29) is 5.82 Å². The van der Waals surface area contributed by atoms with Crippen molar-refractivity contribution in [2.45, 2.75) is 38.3 Å². The number of piperidine rings is 1. The lowest BCUT2D eigenvalue weighted by Gasteiger charge is -2.36. The monoisotopic (exact) mass is 361 g/mol. The second kappa shape index (κ2) is 8.40. The molecule has 4 heteroatoms. The molecule has 1 saturated heterocycles. The van der Waals surface area contributed by atoms with E-state index in [2.05, 4.69) is 39.1 Å². The van der Waals surface area contributed by atoms with Gasteiger partial charge in [0.2, 0.25) is 0 Å². The van der Waals surface area contributed by atoms with Crippen LogP contribution in [-0.2, 0) is 13.0 Å². The van der Waals surface area contributed by atoms with E-state index in [0.717, 1.165) is 30.8 Å². The maximum absolute atomic E-state index is 13.4. The molecular weight excluding hydrogens is 337 g/mol. The van der Waals surface area contributed by atoms with Crippen LogP contribution in [0.25, 0.3) is 0 Å². The zero-order valence-electron chi connectivity index (χ0n) is 15.4. The summed E-state index contributed by atoms with van der Waals surface area (Å²) in [6.07, 6.45) is 10.0. The number of hydrogen-bond donors (Lipinski definition) is 0. The van der Waals surface area contributed by atoms with E-state index in [9.17, 15) is 4.39 Å². The molecule has 1 fully saturated rings. The summed E-state index contributed by atoms with van der Waals surface area (Å²) in [5.41, 5.74) is 4.49. The molecule has 0 amide bonds. The zero-order valence-corrected chi connectivity index (χ0v) is 15.4. The molecule has 0 bridgehead atoms. The van der Waals surface area contributed by atoms with Gasteiger partial charge in [0.15, 0.2) is 0 Å². The quantitative estimate of drug-likeness (QED) is 0.645. The van der Waals surface area contributed by atoms with Gasteiger partial charge in [-0.2, -0.15) is 0 Å². The fourth-order valence-corrected chi connectivity index (χ4v) is 3.87. The van der Waals surface area contributed by atoms with E-state index in [1.54, 1.807) is 12.1 Å². The van der Waals surface area contributed by atoms with Crippen LogP contribution in [0.3, 0.4) is 0 Å². The van der Waals surface area contributed by atoms with Crippen molar-refractivity contribution in [3.05, 3.63) is 95.3 Å². The summed E-state index contributed by atoms with van der Waals surface area (Å²) in [7, 11) is 0. The molecule has 3 aromatic rings. The van der Waals surface area contributed by atoms with Crippen molar-refractivity contribution in [1.82, 2.24) is 14.9 Å². The van der Waals surface area contributed by atoms with Crippen LogP contribution >= 0.6 is 0 Å². The maximum Gasteiger partial charge on any atom is 0.123 e. The molecule has 0 N–H and O–H groups in total. The number of likely N-dealkylation sites (tertiary alicyclic amines) is 1. The second-order valence-corrected chi connectivity index (χ2v) is 7.23. The van der Waals surface area contributed by atoms with Crippen LogP contribution in [0.5, 0.6) is 0 Å². The molecule has 1 unspecified atom stereocenters. The van der Waals surface area contributed by atoms with E-state index in [4.69, 9.17) is 0 Å². The molecule has 1 aliphatic heterocycles. The van der Waals surface area contributed by atoms with Crippen molar-refractivity contribution >= 4 is 0 Å². The van der Waals surface area contributed by atoms with E-state index >= 15 is 0 Å². The van der Waals surface area contributed by atoms with Crippen LogP contribution in [0.1, 0.15) is 47.7 Å². The van der Waals surface area contributed by atoms with Gasteiger partial charge in [0, 0.05) is 43.3 Å². The number of hydrogen-bond acceptors (Lipinski definition) is 3. The largest absolute Gasteiger partial charge is 0.292 e. The highest BCUT2D eigenvalue weighted by Gasteiger charge is 2.24. The van der Waals surface area contributed by atoms with Crippen LogP contribution in [0.2, 0.25) is 0 Å². The molecule has 4 rings (SSSR count). The Bertz CT molecular complexity index is 864. The minimum absolute atomic E-state index is 0.196. The molecule has 0 saturated carbocycles. The average Bonchev–Trinajstić information content (AvgIpc) is 2.70. The predicted octanol–water partition coefficient (Wildman–Crippen LogP) is 4.93. The first kappa shape index (κ1) is 17.8. The summed E-state index contributed by atoms with van der Waals surface area (Å²) in [4.78, 5) is 11.3. The van der Waals surface area contributed by atoms with Gasteiger partial charge in [-0.15, -0.1) is 0 Å². The number of pyridine rings is 2. The molecule has 1 aliphatic rings. The van der Waals surface area contributed by atoms with Crippen LogP contribution < -0.4 is 0 Å². The lowest BCUT2D eigenvalue weighted by atomic mass is 9.95. The second-order valence-electron chi connectivity index (χ2n) is 7.23. The number of nitrogens with zero attached hydrogens (tertiary/aromatic N) is 3. The van der Waals surface area contributed by atoms with Gasteiger partial charge in [0.1, 0.15) is 5.82 Å². The highest BCUT2D eigenvalue weighted by molar-refractivity contribution is 5.25. The van der Waals surface area contributed by atoms with Crippen LogP contribution in [-0.4, -0.2) is 21.4 Å². The summed E-state index contributed by atoms with van der Waals surface area (Å²) < 4.78 is 13.4. The number of rotatable bonds is 5. The third-order valence-electron chi connectivity index (χ3n) is 5.26. The van der Waals surface area contributed by atoms with Crippen molar-refractivity contribution in [3.63, 3.8) is 0 Å². The standard InChI is InChI=1S/C23H24FN3/c24-21-5-3-4-19(14-21)15-22-8-7-20(16-26-22)23-6-1-2-13-27(23)17-18-9-11-25-12-10-18/h3-5,7-12,14,16,23H,1-2,6,13,15,17H2. The van der Waals surface area contributed by atoms with Crippen LogP contribution in [0, 0.1) is 5.82 Å². The van der Waals surface area contributed by atoms with Gasteiger partial charge in [-0.05, 0) is 66.4 Å². The number of benzene rings is 1. The van der Waals surface area contributed by atoms with Crippen molar-refractivity contribution in [3.8, 4) is 0 Å². The predicted molar refractivity (Wildman–Crippen MR) is 105 cm³/mol. The Kier molecular flexibility index (Phi) is 5.54. The Morgan fingerprint density at radius 3 is 2.67 bits per heavy atom. The molecule has 138 valence electrons. The fraction of sp³-hybridized carbons (Fsp3) is 0.304. The summed E-state index contributed by atoms with van der Waals surface area (Å²) in [5.74, 6) is -0.196. The van der Waals surface area contributed by atoms with Crippen molar-refractivity contribution in [2.24, 2.45) is 0 Å². The van der Waals surface area contributed by atoms with Crippen molar-refractivity contribution in [1.29, 1.82) is 0 Å². The highest BCUT2D eigenvalue weighted by atomic mass is 19.1. The minimum Gasteiger partial charge on any atom is -0.292 e. The van der Waals surface area contributed by atoms with Crippen molar-refractivity contribution in [2.75, 3.05) is 6.54 Å². The van der Waals surface area contributed by atoms with Gasteiger partial charge in [-0.1, -0.05) is 24.6 Å². The molecule has 2 aromatic heterocycles. The third-order valence-corrected chi connectivity index (χ3v) is 5.26. The molecule has 27 heavy (non-hydrogen) atoms. The van der Waals surface area contributed by atoms with Gasteiger partial charge < -0.3 is 0 Å². The number of halogens is 1. The maximum atomic E-state index is 13.4. The third kappa shape index (κ3) is 4.58. The molecular formula is C23H24FN3. The van der Waals surface area contributed by atoms with E-state index in [0.29, 0.717) is 12.5 Å². The lowest BCUT2D eigenvalue weighted by Crippen LogP contribution is -2.33. The van der Waals surface area contributed by atoms with Gasteiger partial charge in [-0.25, -0.2) is 4.39 Å². The smallest absolute Gasteiger partial charge is 0.123 e. The molecule has 0 aliphatic carbocycles. The molecule has 1 aromatic carbocycles. The zero-order chi connectivity index (χ0) is 18.5. The minimum atomic E-state index is -0.196. The Hall–Kier alpha value is -2.59. The Labute approximate surface area is 159 Å². The number of aromatic nitrogens is 2. The summed E-state index contributed by atoms with van der Waals surface area (Å²) in [6, 6.07) is 15.6. The molecule has 3 heterocycles. The van der Waals surface area contributed by atoms with Crippen LogP contribution in [0.4, 0.5) is 4.39 Å². The van der Waals surface area contributed by atoms with E-state index < -0.39 is 0 Å². The average molecular weight is 361 g/mol. The van der Waals surface area contributed by atoms with Gasteiger partial charge in [-0.3, -0.25) is 14.9 Å².